The summed E-state index contributed by atoms with van der Waals surface area (Å²) in [4.78, 5) is 0. The maximum absolute atomic E-state index is 10.6. The molecule has 3 rings (SSSR count). The minimum atomic E-state index is -0.306. The first-order valence-corrected chi connectivity index (χ1v) is 8.50. The van der Waals surface area contributed by atoms with Crippen LogP contribution in [0.4, 0.5) is 0 Å². The molecule has 2 aliphatic rings. The molecular formula is C16H23NOS. The molecule has 0 amide bonds. The van der Waals surface area contributed by atoms with Gasteiger partial charge in [-0.1, -0.05) is 30.3 Å². The summed E-state index contributed by atoms with van der Waals surface area (Å²) < 4.78 is 0. The topological polar surface area (TPSA) is 32.3 Å². The third-order valence-corrected chi connectivity index (χ3v) is 5.60. The van der Waals surface area contributed by atoms with E-state index in [-0.39, 0.29) is 11.5 Å². The van der Waals surface area contributed by atoms with Crippen LogP contribution in [0.3, 0.4) is 0 Å². The first kappa shape index (κ1) is 13.5. The van der Waals surface area contributed by atoms with E-state index in [4.69, 9.17) is 0 Å². The van der Waals surface area contributed by atoms with Crippen LogP contribution in [0.25, 0.3) is 0 Å². The second-order valence-electron chi connectivity index (χ2n) is 5.94. The Kier molecular flexibility index (Phi) is 4.15. The van der Waals surface area contributed by atoms with E-state index >= 15 is 0 Å². The van der Waals surface area contributed by atoms with Crippen molar-refractivity contribution in [2.75, 3.05) is 18.1 Å². The van der Waals surface area contributed by atoms with Crippen LogP contribution in [0.5, 0.6) is 0 Å². The predicted molar refractivity (Wildman–Crippen MR) is 81.4 cm³/mol. The van der Waals surface area contributed by atoms with Crippen LogP contribution in [0.2, 0.25) is 0 Å². The van der Waals surface area contributed by atoms with Crippen molar-refractivity contribution >= 4 is 11.8 Å². The second-order valence-corrected chi connectivity index (χ2v) is 7.17. The average molecular weight is 277 g/mol. The molecule has 2 fully saturated rings. The Morgan fingerprint density at radius 3 is 2.53 bits per heavy atom. The Hall–Kier alpha value is -0.510. The summed E-state index contributed by atoms with van der Waals surface area (Å²) in [5, 5.41) is 14.3. The van der Waals surface area contributed by atoms with Crippen LogP contribution in [0, 0.1) is 5.41 Å². The van der Waals surface area contributed by atoms with E-state index in [1.54, 1.807) is 0 Å². The molecule has 0 radical (unpaired) electrons. The van der Waals surface area contributed by atoms with Crippen LogP contribution in [0.1, 0.15) is 37.4 Å². The van der Waals surface area contributed by atoms with Crippen LogP contribution < -0.4 is 5.32 Å². The van der Waals surface area contributed by atoms with Crippen molar-refractivity contribution < 1.29 is 5.11 Å². The molecule has 1 heterocycles. The number of aliphatic hydroxyl groups is 1. The van der Waals surface area contributed by atoms with Crippen LogP contribution >= 0.6 is 11.8 Å². The van der Waals surface area contributed by atoms with E-state index in [1.165, 1.54) is 24.3 Å². The summed E-state index contributed by atoms with van der Waals surface area (Å²) in [5.41, 5.74) is 1.17. The number of hydrogen-bond acceptors (Lipinski definition) is 3. The van der Waals surface area contributed by atoms with E-state index in [1.807, 2.05) is 30.3 Å². The molecule has 3 heteroatoms. The fourth-order valence-corrected chi connectivity index (χ4v) is 4.05. The molecule has 0 aromatic heterocycles. The maximum Gasteiger partial charge on any atom is 0.0858 e. The van der Waals surface area contributed by atoms with Gasteiger partial charge in [0.15, 0.2) is 0 Å². The Balaban J connectivity index is 1.57. The number of thioether (sulfide) groups is 1. The minimum Gasteiger partial charge on any atom is -0.388 e. The highest BCUT2D eigenvalue weighted by molar-refractivity contribution is 7.99. The highest BCUT2D eigenvalue weighted by Gasteiger charge is 2.49. The molecule has 2 N–H and O–H groups in total. The highest BCUT2D eigenvalue weighted by Crippen LogP contribution is 2.54. The molecule has 1 aliphatic heterocycles. The fraction of sp³-hybridized carbons (Fsp3) is 0.625. The zero-order valence-corrected chi connectivity index (χ0v) is 12.2. The van der Waals surface area contributed by atoms with Crippen molar-refractivity contribution in [1.82, 2.24) is 5.32 Å². The number of aliphatic hydroxyl groups excluding tert-OH is 1. The van der Waals surface area contributed by atoms with Crippen molar-refractivity contribution in [2.24, 2.45) is 5.41 Å². The standard InChI is InChI=1S/C16H23NOS/c18-15(13-4-2-1-3-5-13)16(8-9-16)12-17-14-6-10-19-11-7-14/h1-5,14-15,17-18H,6-12H2. The summed E-state index contributed by atoms with van der Waals surface area (Å²) >= 11 is 2.06. The first-order valence-electron chi connectivity index (χ1n) is 7.34. The van der Waals surface area contributed by atoms with Crippen molar-refractivity contribution in [3.8, 4) is 0 Å². The molecule has 1 aliphatic carbocycles. The van der Waals surface area contributed by atoms with Crippen LogP contribution in [-0.4, -0.2) is 29.2 Å². The van der Waals surface area contributed by atoms with E-state index in [0.717, 1.165) is 24.9 Å². The lowest BCUT2D eigenvalue weighted by Gasteiger charge is -2.28. The highest BCUT2D eigenvalue weighted by atomic mass is 32.2. The smallest absolute Gasteiger partial charge is 0.0858 e. The summed E-state index contributed by atoms with van der Waals surface area (Å²) in [6, 6.07) is 10.8. The van der Waals surface area contributed by atoms with Crippen molar-refractivity contribution in [3.05, 3.63) is 35.9 Å². The Bertz CT molecular complexity index is 398. The summed E-state index contributed by atoms with van der Waals surface area (Å²) in [6.07, 6.45) is 4.55. The van der Waals surface area contributed by atoms with Gasteiger partial charge in [-0.25, -0.2) is 0 Å². The zero-order chi connectivity index (χ0) is 13.1. The largest absolute Gasteiger partial charge is 0.388 e. The Labute approximate surface area is 120 Å². The molecule has 104 valence electrons. The molecule has 0 spiro atoms. The number of rotatable bonds is 5. The lowest BCUT2D eigenvalue weighted by atomic mass is 9.92. The van der Waals surface area contributed by atoms with Gasteiger partial charge >= 0.3 is 0 Å². The summed E-state index contributed by atoms with van der Waals surface area (Å²) in [5.74, 6) is 2.57. The van der Waals surface area contributed by atoms with E-state index < -0.39 is 0 Å². The average Bonchev–Trinajstić information content (AvgIpc) is 3.28. The molecule has 2 nitrogen and oxygen atoms in total. The van der Waals surface area contributed by atoms with Gasteiger partial charge in [0.1, 0.15) is 0 Å². The second kappa shape index (κ2) is 5.86. The number of benzene rings is 1. The van der Waals surface area contributed by atoms with Gasteiger partial charge in [0.05, 0.1) is 6.10 Å². The van der Waals surface area contributed by atoms with Gasteiger partial charge in [-0.15, -0.1) is 0 Å². The summed E-state index contributed by atoms with van der Waals surface area (Å²) in [7, 11) is 0. The molecule has 1 aromatic carbocycles. The fourth-order valence-electron chi connectivity index (χ4n) is 2.95. The van der Waals surface area contributed by atoms with Gasteiger partial charge in [-0.05, 0) is 42.8 Å². The zero-order valence-electron chi connectivity index (χ0n) is 11.3. The van der Waals surface area contributed by atoms with Gasteiger partial charge in [-0.2, -0.15) is 11.8 Å². The number of hydrogen-bond donors (Lipinski definition) is 2. The molecule has 19 heavy (non-hydrogen) atoms. The van der Waals surface area contributed by atoms with Gasteiger partial charge in [-0.3, -0.25) is 0 Å². The molecule has 1 unspecified atom stereocenters. The normalized spacial score (nSPS) is 24.1. The Morgan fingerprint density at radius 2 is 1.89 bits per heavy atom. The molecule has 1 saturated carbocycles. The number of nitrogens with one attached hydrogen (secondary N) is 1. The van der Waals surface area contributed by atoms with Gasteiger partial charge in [0, 0.05) is 18.0 Å². The third kappa shape index (κ3) is 3.15. The predicted octanol–water partition coefficient (Wildman–Crippen LogP) is 2.99. The SMILES string of the molecule is OC(c1ccccc1)C1(CNC2CCSCC2)CC1. The van der Waals surface area contributed by atoms with E-state index in [2.05, 4.69) is 17.1 Å². The van der Waals surface area contributed by atoms with Crippen LogP contribution in [-0.2, 0) is 0 Å². The Morgan fingerprint density at radius 1 is 1.21 bits per heavy atom. The maximum atomic E-state index is 10.6. The van der Waals surface area contributed by atoms with Crippen LogP contribution in [0.15, 0.2) is 30.3 Å². The van der Waals surface area contributed by atoms with Crippen molar-refractivity contribution in [3.63, 3.8) is 0 Å². The van der Waals surface area contributed by atoms with Gasteiger partial charge in [0.2, 0.25) is 0 Å². The molecule has 1 atom stereocenters. The summed E-state index contributed by atoms with van der Waals surface area (Å²) in [6.45, 7) is 0.971. The molecule has 1 aromatic rings. The van der Waals surface area contributed by atoms with Crippen molar-refractivity contribution in [2.45, 2.75) is 37.8 Å². The third-order valence-electron chi connectivity index (χ3n) is 4.55. The molecular weight excluding hydrogens is 254 g/mol. The monoisotopic (exact) mass is 277 g/mol. The van der Waals surface area contributed by atoms with E-state index in [0.29, 0.717) is 6.04 Å². The quantitative estimate of drug-likeness (QED) is 0.868. The van der Waals surface area contributed by atoms with Gasteiger partial charge < -0.3 is 10.4 Å². The minimum absolute atomic E-state index is 0.103. The lowest BCUT2D eigenvalue weighted by Crippen LogP contribution is -2.38. The first-order chi connectivity index (χ1) is 9.30. The van der Waals surface area contributed by atoms with Crippen molar-refractivity contribution in [1.29, 1.82) is 0 Å². The van der Waals surface area contributed by atoms with E-state index in [9.17, 15) is 5.11 Å². The molecule has 1 saturated heterocycles. The molecule has 0 bridgehead atoms. The van der Waals surface area contributed by atoms with Gasteiger partial charge in [0.25, 0.3) is 0 Å². The lowest BCUT2D eigenvalue weighted by molar-refractivity contribution is 0.0897.